The van der Waals surface area contributed by atoms with Crippen molar-refractivity contribution in [1.82, 2.24) is 0 Å². The Morgan fingerprint density at radius 1 is 1.14 bits per heavy atom. The maximum atomic E-state index is 12.1. The lowest BCUT2D eigenvalue weighted by Gasteiger charge is -2.13. The first-order valence-corrected chi connectivity index (χ1v) is 7.73. The van der Waals surface area contributed by atoms with Gasteiger partial charge in [0.1, 0.15) is 11.5 Å². The summed E-state index contributed by atoms with van der Waals surface area (Å²) >= 11 is 6.20. The minimum absolute atomic E-state index is 0.316. The maximum absolute atomic E-state index is 12.1. The molecule has 0 aromatic heterocycles. The van der Waals surface area contributed by atoms with E-state index in [1.54, 1.807) is 18.2 Å². The molecule has 0 saturated carbocycles. The SMILES string of the molecule is CCCOC(=O)c1ccc(Oc2ccccc2)cc1C(C)Cl. The molecule has 2 aromatic rings. The van der Waals surface area contributed by atoms with E-state index >= 15 is 0 Å². The van der Waals surface area contributed by atoms with Gasteiger partial charge in [0.25, 0.3) is 0 Å². The van der Waals surface area contributed by atoms with Crippen molar-refractivity contribution in [3.8, 4) is 11.5 Å². The van der Waals surface area contributed by atoms with Crippen LogP contribution in [0.25, 0.3) is 0 Å². The van der Waals surface area contributed by atoms with Crippen LogP contribution in [-0.2, 0) is 4.74 Å². The fraction of sp³-hybridized carbons (Fsp3) is 0.278. The summed E-state index contributed by atoms with van der Waals surface area (Å²) in [6.07, 6.45) is 0.784. The predicted octanol–water partition coefficient (Wildman–Crippen LogP) is 5.35. The van der Waals surface area contributed by atoms with Gasteiger partial charge in [0.2, 0.25) is 0 Å². The Morgan fingerprint density at radius 3 is 2.50 bits per heavy atom. The zero-order valence-electron chi connectivity index (χ0n) is 12.7. The van der Waals surface area contributed by atoms with Crippen LogP contribution in [0.5, 0.6) is 11.5 Å². The van der Waals surface area contributed by atoms with Crippen LogP contribution in [-0.4, -0.2) is 12.6 Å². The second kappa shape index (κ2) is 7.85. The topological polar surface area (TPSA) is 35.5 Å². The summed E-state index contributed by atoms with van der Waals surface area (Å²) in [4.78, 5) is 12.1. The molecule has 1 unspecified atom stereocenters. The lowest BCUT2D eigenvalue weighted by atomic mass is 10.0. The summed E-state index contributed by atoms with van der Waals surface area (Å²) in [6.45, 7) is 4.17. The fourth-order valence-corrected chi connectivity index (χ4v) is 2.20. The Hall–Kier alpha value is -2.00. The van der Waals surface area contributed by atoms with Crippen molar-refractivity contribution in [2.24, 2.45) is 0 Å². The lowest BCUT2D eigenvalue weighted by molar-refractivity contribution is 0.0503. The second-order valence-electron chi connectivity index (χ2n) is 4.92. The summed E-state index contributed by atoms with van der Waals surface area (Å²) in [5.74, 6) is 1.02. The average molecular weight is 319 g/mol. The van der Waals surface area contributed by atoms with Crippen LogP contribution in [0.3, 0.4) is 0 Å². The molecule has 1 atom stereocenters. The number of esters is 1. The molecule has 0 radical (unpaired) electrons. The van der Waals surface area contributed by atoms with Gasteiger partial charge in [-0.05, 0) is 49.2 Å². The Kier molecular flexibility index (Phi) is 5.84. The van der Waals surface area contributed by atoms with Crippen molar-refractivity contribution in [3.63, 3.8) is 0 Å². The number of ether oxygens (including phenoxy) is 2. The number of para-hydroxylation sites is 1. The van der Waals surface area contributed by atoms with Gasteiger partial charge in [0.15, 0.2) is 0 Å². The number of alkyl halides is 1. The van der Waals surface area contributed by atoms with E-state index in [4.69, 9.17) is 21.1 Å². The van der Waals surface area contributed by atoms with Crippen molar-refractivity contribution in [2.45, 2.75) is 25.6 Å². The smallest absolute Gasteiger partial charge is 0.338 e. The third-order valence-corrected chi connectivity index (χ3v) is 3.32. The Bertz CT molecular complexity index is 623. The fourth-order valence-electron chi connectivity index (χ4n) is 2.02. The van der Waals surface area contributed by atoms with Gasteiger partial charge >= 0.3 is 5.97 Å². The number of hydrogen-bond acceptors (Lipinski definition) is 3. The molecule has 116 valence electrons. The average Bonchev–Trinajstić information content (AvgIpc) is 2.53. The van der Waals surface area contributed by atoms with Gasteiger partial charge in [-0.2, -0.15) is 0 Å². The molecule has 0 aliphatic heterocycles. The lowest BCUT2D eigenvalue weighted by Crippen LogP contribution is -2.09. The zero-order valence-corrected chi connectivity index (χ0v) is 13.5. The van der Waals surface area contributed by atoms with Crippen molar-refractivity contribution in [1.29, 1.82) is 0 Å². The van der Waals surface area contributed by atoms with E-state index in [0.29, 0.717) is 23.5 Å². The largest absolute Gasteiger partial charge is 0.462 e. The molecule has 0 bridgehead atoms. The predicted molar refractivity (Wildman–Crippen MR) is 87.8 cm³/mol. The molecular weight excluding hydrogens is 300 g/mol. The molecular formula is C18H19ClO3. The Labute approximate surface area is 135 Å². The van der Waals surface area contributed by atoms with Gasteiger partial charge in [0, 0.05) is 0 Å². The van der Waals surface area contributed by atoms with E-state index in [1.807, 2.05) is 44.2 Å². The second-order valence-corrected chi connectivity index (χ2v) is 5.57. The van der Waals surface area contributed by atoms with E-state index < -0.39 is 0 Å². The molecule has 3 nitrogen and oxygen atoms in total. The normalized spacial score (nSPS) is 11.8. The molecule has 2 rings (SSSR count). The monoisotopic (exact) mass is 318 g/mol. The Morgan fingerprint density at radius 2 is 1.86 bits per heavy atom. The summed E-state index contributed by atoms with van der Waals surface area (Å²) in [6, 6.07) is 14.7. The van der Waals surface area contributed by atoms with E-state index in [-0.39, 0.29) is 11.3 Å². The van der Waals surface area contributed by atoms with Crippen LogP contribution >= 0.6 is 11.6 Å². The van der Waals surface area contributed by atoms with Crippen molar-refractivity contribution >= 4 is 17.6 Å². The van der Waals surface area contributed by atoms with Crippen LogP contribution in [0.1, 0.15) is 41.6 Å². The summed E-state index contributed by atoms with van der Waals surface area (Å²) < 4.78 is 11.0. The molecule has 0 N–H and O–H groups in total. The van der Waals surface area contributed by atoms with Crippen LogP contribution in [0.4, 0.5) is 0 Å². The number of carbonyl (C=O) groups excluding carboxylic acids is 1. The van der Waals surface area contributed by atoms with Crippen molar-refractivity contribution in [3.05, 3.63) is 59.7 Å². The molecule has 0 saturated heterocycles. The van der Waals surface area contributed by atoms with Gasteiger partial charge < -0.3 is 9.47 Å². The standard InChI is InChI=1S/C18H19ClO3/c1-3-11-21-18(20)16-10-9-15(12-17(16)13(2)19)22-14-7-5-4-6-8-14/h4-10,12-13H,3,11H2,1-2H3. The minimum Gasteiger partial charge on any atom is -0.462 e. The summed E-state index contributed by atoms with van der Waals surface area (Å²) in [5.41, 5.74) is 1.19. The first-order valence-electron chi connectivity index (χ1n) is 7.30. The highest BCUT2D eigenvalue weighted by molar-refractivity contribution is 6.21. The maximum Gasteiger partial charge on any atom is 0.338 e. The minimum atomic E-state index is -0.351. The molecule has 0 amide bonds. The molecule has 22 heavy (non-hydrogen) atoms. The van der Waals surface area contributed by atoms with Crippen LogP contribution in [0.2, 0.25) is 0 Å². The number of halogens is 1. The number of rotatable bonds is 6. The molecule has 0 aliphatic carbocycles. The molecule has 0 fully saturated rings. The molecule has 4 heteroatoms. The van der Waals surface area contributed by atoms with Crippen LogP contribution < -0.4 is 4.74 Å². The third kappa shape index (κ3) is 4.25. The van der Waals surface area contributed by atoms with Gasteiger partial charge in [-0.25, -0.2) is 4.79 Å². The highest BCUT2D eigenvalue weighted by Crippen LogP contribution is 2.30. The first-order chi connectivity index (χ1) is 10.6. The number of carbonyl (C=O) groups is 1. The van der Waals surface area contributed by atoms with E-state index in [1.165, 1.54) is 0 Å². The van der Waals surface area contributed by atoms with Gasteiger partial charge in [-0.1, -0.05) is 25.1 Å². The first kappa shape index (κ1) is 16.4. The Balaban J connectivity index is 2.25. The molecule has 2 aromatic carbocycles. The van der Waals surface area contributed by atoms with E-state index in [2.05, 4.69) is 0 Å². The van der Waals surface area contributed by atoms with Crippen LogP contribution in [0, 0.1) is 0 Å². The van der Waals surface area contributed by atoms with Gasteiger partial charge in [-0.15, -0.1) is 11.6 Å². The number of hydrogen-bond donors (Lipinski definition) is 0. The van der Waals surface area contributed by atoms with E-state index in [9.17, 15) is 4.79 Å². The van der Waals surface area contributed by atoms with E-state index in [0.717, 1.165) is 12.2 Å². The quantitative estimate of drug-likeness (QED) is 0.532. The van der Waals surface area contributed by atoms with Crippen molar-refractivity contribution < 1.29 is 14.3 Å². The van der Waals surface area contributed by atoms with Crippen LogP contribution in [0.15, 0.2) is 48.5 Å². The summed E-state index contributed by atoms with van der Waals surface area (Å²) in [7, 11) is 0. The molecule has 0 aliphatic rings. The summed E-state index contributed by atoms with van der Waals surface area (Å²) in [5, 5.41) is -0.316. The highest BCUT2D eigenvalue weighted by atomic mass is 35.5. The zero-order chi connectivity index (χ0) is 15.9. The third-order valence-electron chi connectivity index (χ3n) is 3.09. The number of benzene rings is 2. The van der Waals surface area contributed by atoms with Crippen molar-refractivity contribution in [2.75, 3.05) is 6.61 Å². The highest BCUT2D eigenvalue weighted by Gasteiger charge is 2.17. The van der Waals surface area contributed by atoms with Gasteiger partial charge in [-0.3, -0.25) is 0 Å². The molecule has 0 spiro atoms. The van der Waals surface area contributed by atoms with Gasteiger partial charge in [0.05, 0.1) is 17.5 Å². The molecule has 0 heterocycles.